The first kappa shape index (κ1) is 20.2. The van der Waals surface area contributed by atoms with Crippen molar-refractivity contribution >= 4 is 11.6 Å². The smallest absolute Gasteiger partial charge is 0.238 e. The topological polar surface area (TPSA) is 76.8 Å². The van der Waals surface area contributed by atoms with Crippen LogP contribution in [0.2, 0.25) is 0 Å². The highest BCUT2D eigenvalue weighted by Crippen LogP contribution is 2.31. The minimum absolute atomic E-state index is 0.0326. The van der Waals surface area contributed by atoms with E-state index in [1.54, 1.807) is 6.07 Å². The van der Waals surface area contributed by atoms with Gasteiger partial charge in [0.2, 0.25) is 5.91 Å². The third kappa shape index (κ3) is 5.03. The third-order valence-corrected chi connectivity index (χ3v) is 4.86. The lowest BCUT2D eigenvalue weighted by Crippen LogP contribution is -2.33. The zero-order valence-corrected chi connectivity index (χ0v) is 16.6. The normalized spacial score (nSPS) is 19.4. The number of amides is 1. The van der Waals surface area contributed by atoms with Gasteiger partial charge in [-0.05, 0) is 31.5 Å². The predicted molar refractivity (Wildman–Crippen MR) is 111 cm³/mol. The van der Waals surface area contributed by atoms with Crippen molar-refractivity contribution in [2.24, 2.45) is 5.73 Å². The van der Waals surface area contributed by atoms with E-state index in [9.17, 15) is 4.79 Å². The van der Waals surface area contributed by atoms with Gasteiger partial charge in [-0.1, -0.05) is 30.3 Å². The van der Waals surface area contributed by atoms with E-state index < -0.39 is 0 Å². The molecule has 0 aliphatic carbocycles. The number of ether oxygens (including phenoxy) is 2. The van der Waals surface area contributed by atoms with Gasteiger partial charge in [0.25, 0.3) is 0 Å². The van der Waals surface area contributed by atoms with E-state index in [1.807, 2.05) is 44.2 Å². The van der Waals surface area contributed by atoms with Crippen LogP contribution >= 0.6 is 0 Å². The van der Waals surface area contributed by atoms with Crippen molar-refractivity contribution in [2.75, 3.05) is 38.2 Å². The molecule has 28 heavy (non-hydrogen) atoms. The number of rotatable bonds is 8. The molecule has 1 amide bonds. The molecule has 0 bridgehead atoms. The van der Waals surface area contributed by atoms with Gasteiger partial charge in [0.15, 0.2) is 11.5 Å². The molecule has 2 atom stereocenters. The molecule has 3 N–H and O–H groups in total. The first-order valence-corrected chi connectivity index (χ1v) is 9.83. The fraction of sp³-hybridized carbons (Fsp3) is 0.409. The van der Waals surface area contributed by atoms with Crippen LogP contribution in [0.3, 0.4) is 0 Å². The van der Waals surface area contributed by atoms with Gasteiger partial charge in [0.05, 0.1) is 19.8 Å². The molecular weight excluding hydrogens is 354 g/mol. The maximum Gasteiger partial charge on any atom is 0.238 e. The van der Waals surface area contributed by atoms with Gasteiger partial charge < -0.3 is 20.5 Å². The van der Waals surface area contributed by atoms with Gasteiger partial charge in [0, 0.05) is 36.8 Å². The van der Waals surface area contributed by atoms with Crippen LogP contribution in [0.25, 0.3) is 0 Å². The molecule has 1 heterocycles. The molecular formula is C22H29N3O3. The molecule has 6 nitrogen and oxygen atoms in total. The number of hydrogen-bond acceptors (Lipinski definition) is 5. The van der Waals surface area contributed by atoms with Crippen molar-refractivity contribution in [3.05, 3.63) is 54.1 Å². The second-order valence-electron chi connectivity index (χ2n) is 6.95. The average molecular weight is 383 g/mol. The number of nitrogens with two attached hydrogens (primary N) is 1. The largest absolute Gasteiger partial charge is 0.490 e. The van der Waals surface area contributed by atoms with E-state index in [0.29, 0.717) is 43.5 Å². The summed E-state index contributed by atoms with van der Waals surface area (Å²) in [5.41, 5.74) is 8.25. The lowest BCUT2D eigenvalue weighted by Gasteiger charge is -2.17. The summed E-state index contributed by atoms with van der Waals surface area (Å²) in [4.78, 5) is 14.6. The SMILES string of the molecule is CCOc1ccc(NC(=O)CN2C[C@@H](N)[C@H](c3ccccc3)C2)cc1OCC. The van der Waals surface area contributed by atoms with Crippen molar-refractivity contribution < 1.29 is 14.3 Å². The van der Waals surface area contributed by atoms with Gasteiger partial charge in [0.1, 0.15) is 0 Å². The molecule has 2 aromatic carbocycles. The van der Waals surface area contributed by atoms with E-state index in [1.165, 1.54) is 5.56 Å². The minimum atomic E-state index is -0.0625. The number of carbonyl (C=O) groups is 1. The zero-order valence-electron chi connectivity index (χ0n) is 16.6. The predicted octanol–water partition coefficient (Wildman–Crippen LogP) is 2.85. The number of hydrogen-bond donors (Lipinski definition) is 2. The summed E-state index contributed by atoms with van der Waals surface area (Å²) in [6.45, 7) is 6.74. The summed E-state index contributed by atoms with van der Waals surface area (Å²) in [5.74, 6) is 1.50. The van der Waals surface area contributed by atoms with E-state index in [2.05, 4.69) is 22.3 Å². The third-order valence-electron chi connectivity index (χ3n) is 4.86. The molecule has 0 unspecified atom stereocenters. The van der Waals surface area contributed by atoms with Crippen LogP contribution in [0.5, 0.6) is 11.5 Å². The van der Waals surface area contributed by atoms with Crippen LogP contribution in [0.15, 0.2) is 48.5 Å². The summed E-state index contributed by atoms with van der Waals surface area (Å²) >= 11 is 0. The van der Waals surface area contributed by atoms with Crippen LogP contribution in [-0.2, 0) is 4.79 Å². The standard InChI is InChI=1S/C22H29N3O3/c1-3-27-20-11-10-17(12-21(20)28-4-2)24-22(26)15-25-13-18(19(23)14-25)16-8-6-5-7-9-16/h5-12,18-19H,3-4,13-15,23H2,1-2H3,(H,24,26)/t18-,19+/m0/s1. The number of nitrogens with one attached hydrogen (secondary N) is 1. The number of anilines is 1. The molecule has 6 heteroatoms. The molecule has 0 saturated carbocycles. The van der Waals surface area contributed by atoms with E-state index in [-0.39, 0.29) is 17.9 Å². The lowest BCUT2D eigenvalue weighted by molar-refractivity contribution is -0.117. The fourth-order valence-corrected chi connectivity index (χ4v) is 3.63. The summed E-state index contributed by atoms with van der Waals surface area (Å²) in [7, 11) is 0. The number of benzene rings is 2. The highest BCUT2D eigenvalue weighted by molar-refractivity contribution is 5.92. The van der Waals surface area contributed by atoms with Gasteiger partial charge in [-0.15, -0.1) is 0 Å². The zero-order chi connectivity index (χ0) is 19.9. The van der Waals surface area contributed by atoms with Gasteiger partial charge in [-0.2, -0.15) is 0 Å². The molecule has 150 valence electrons. The number of likely N-dealkylation sites (tertiary alicyclic amines) is 1. The Labute approximate surface area is 166 Å². The van der Waals surface area contributed by atoms with Crippen LogP contribution in [-0.4, -0.2) is 49.7 Å². The van der Waals surface area contributed by atoms with Crippen molar-refractivity contribution in [2.45, 2.75) is 25.8 Å². The van der Waals surface area contributed by atoms with Gasteiger partial charge in [-0.25, -0.2) is 0 Å². The molecule has 2 aromatic rings. The van der Waals surface area contributed by atoms with Crippen LogP contribution in [0.4, 0.5) is 5.69 Å². The fourth-order valence-electron chi connectivity index (χ4n) is 3.63. The first-order valence-electron chi connectivity index (χ1n) is 9.83. The Bertz CT molecular complexity index is 782. The summed E-state index contributed by atoms with van der Waals surface area (Å²) in [5, 5.41) is 2.95. The Kier molecular flexibility index (Phi) is 6.90. The van der Waals surface area contributed by atoms with E-state index >= 15 is 0 Å². The first-order chi connectivity index (χ1) is 13.6. The molecule has 1 aliphatic rings. The quantitative estimate of drug-likeness (QED) is 0.733. The van der Waals surface area contributed by atoms with Crippen LogP contribution in [0, 0.1) is 0 Å². The highest BCUT2D eigenvalue weighted by Gasteiger charge is 2.32. The minimum Gasteiger partial charge on any atom is -0.490 e. The highest BCUT2D eigenvalue weighted by atomic mass is 16.5. The Morgan fingerprint density at radius 1 is 1.07 bits per heavy atom. The Balaban J connectivity index is 1.59. The second kappa shape index (κ2) is 9.57. The van der Waals surface area contributed by atoms with Crippen molar-refractivity contribution in [1.82, 2.24) is 4.90 Å². The summed E-state index contributed by atoms with van der Waals surface area (Å²) < 4.78 is 11.2. The molecule has 1 fully saturated rings. The second-order valence-corrected chi connectivity index (χ2v) is 6.95. The summed E-state index contributed by atoms with van der Waals surface area (Å²) in [6, 6.07) is 15.7. The number of carbonyl (C=O) groups excluding carboxylic acids is 1. The van der Waals surface area contributed by atoms with Crippen molar-refractivity contribution in [3.63, 3.8) is 0 Å². The van der Waals surface area contributed by atoms with Crippen molar-refractivity contribution in [3.8, 4) is 11.5 Å². The molecule has 0 aromatic heterocycles. The molecule has 1 aliphatic heterocycles. The maximum atomic E-state index is 12.5. The molecule has 0 spiro atoms. The van der Waals surface area contributed by atoms with Gasteiger partial charge >= 0.3 is 0 Å². The maximum absolute atomic E-state index is 12.5. The lowest BCUT2D eigenvalue weighted by atomic mass is 9.95. The van der Waals surface area contributed by atoms with Crippen molar-refractivity contribution in [1.29, 1.82) is 0 Å². The molecule has 3 rings (SSSR count). The number of nitrogens with zero attached hydrogens (tertiary/aromatic N) is 1. The Hall–Kier alpha value is -2.57. The van der Waals surface area contributed by atoms with Crippen LogP contribution in [0.1, 0.15) is 25.3 Å². The molecule has 1 saturated heterocycles. The van der Waals surface area contributed by atoms with E-state index in [4.69, 9.17) is 15.2 Å². The Morgan fingerprint density at radius 2 is 1.79 bits per heavy atom. The Morgan fingerprint density at radius 3 is 2.50 bits per heavy atom. The van der Waals surface area contributed by atoms with Gasteiger partial charge in [-0.3, -0.25) is 9.69 Å². The summed E-state index contributed by atoms with van der Waals surface area (Å²) in [6.07, 6.45) is 0. The monoisotopic (exact) mass is 383 g/mol. The molecule has 0 radical (unpaired) electrons. The van der Waals surface area contributed by atoms with Crippen LogP contribution < -0.4 is 20.5 Å². The van der Waals surface area contributed by atoms with E-state index in [0.717, 1.165) is 6.54 Å². The average Bonchev–Trinajstić information content (AvgIpc) is 3.05.